The van der Waals surface area contributed by atoms with Crippen LogP contribution in [0.5, 0.6) is 0 Å². The van der Waals surface area contributed by atoms with Crippen molar-refractivity contribution in [3.05, 3.63) is 148 Å². The first kappa shape index (κ1) is 31.0. The number of carboxylic acid groups (broad SMARTS) is 1. The second-order valence-electron chi connectivity index (χ2n) is 14.5. The molecule has 6 heteroatoms. The minimum absolute atomic E-state index is 0.202. The number of fused-ring (bicyclic) bond motifs is 10. The summed E-state index contributed by atoms with van der Waals surface area (Å²) in [5, 5.41) is 15.2. The number of carbonyl (C=O) groups is 1. The van der Waals surface area contributed by atoms with Gasteiger partial charge in [-0.25, -0.2) is 9.37 Å². The zero-order valence-corrected chi connectivity index (χ0v) is 30.6. The molecule has 4 nitrogen and oxygen atoms in total. The highest BCUT2D eigenvalue weighted by atomic mass is 32.1. The minimum Gasteiger partial charge on any atom is -0.478 e. The lowest BCUT2D eigenvalue weighted by Gasteiger charge is -2.43. The Morgan fingerprint density at radius 2 is 1.30 bits per heavy atom. The van der Waals surface area contributed by atoms with Crippen molar-refractivity contribution in [2.24, 2.45) is 0 Å². The number of thiophene rings is 2. The zero-order valence-electron chi connectivity index (χ0n) is 29.0. The number of carboxylic acids is 1. The van der Waals surface area contributed by atoms with Crippen molar-refractivity contribution in [2.75, 3.05) is 19.0 Å². The van der Waals surface area contributed by atoms with Crippen molar-refractivity contribution in [1.29, 1.82) is 0 Å². The molecule has 1 N–H and O–H groups in total. The number of anilines is 1. The normalized spacial score (nSPS) is 16.1. The van der Waals surface area contributed by atoms with E-state index < -0.39 is 5.97 Å². The summed E-state index contributed by atoms with van der Waals surface area (Å²) < 4.78 is 4.94. The van der Waals surface area contributed by atoms with Gasteiger partial charge in [0, 0.05) is 69.0 Å². The van der Waals surface area contributed by atoms with Crippen LogP contribution in [0.25, 0.3) is 46.6 Å². The minimum atomic E-state index is -0.935. The molecule has 0 radical (unpaired) electrons. The third kappa shape index (κ3) is 4.21. The molecule has 0 saturated carbocycles. The van der Waals surface area contributed by atoms with Crippen molar-refractivity contribution in [3.63, 3.8) is 0 Å². The number of hydrogen-bond donors (Lipinski definition) is 1. The number of nitrogens with zero attached hydrogens (tertiary/aromatic N) is 2. The Labute approximate surface area is 299 Å². The maximum atomic E-state index is 12.8. The fourth-order valence-corrected chi connectivity index (χ4v) is 11.1. The van der Waals surface area contributed by atoms with E-state index in [-0.39, 0.29) is 11.1 Å². The summed E-state index contributed by atoms with van der Waals surface area (Å²) in [4.78, 5) is 17.7. The molecular weight excluding hydrogens is 653 g/mol. The molecular formula is C44H37N2O2S2+. The third-order valence-electron chi connectivity index (χ3n) is 11.3. The maximum Gasteiger partial charge on any atom is 0.336 e. The summed E-state index contributed by atoms with van der Waals surface area (Å²) in [6.45, 7) is 9.21. The van der Waals surface area contributed by atoms with E-state index in [9.17, 15) is 9.90 Å². The van der Waals surface area contributed by atoms with E-state index in [1.807, 2.05) is 40.9 Å². The largest absolute Gasteiger partial charge is 0.478 e. The second kappa shape index (κ2) is 10.7. The number of rotatable bonds is 3. The molecule has 2 aliphatic rings. The molecule has 4 heterocycles. The van der Waals surface area contributed by atoms with Crippen LogP contribution in [-0.4, -0.2) is 25.2 Å². The summed E-state index contributed by atoms with van der Waals surface area (Å²) >= 11 is 3.69. The van der Waals surface area contributed by atoms with Gasteiger partial charge in [0.25, 0.3) is 0 Å². The quantitative estimate of drug-likeness (QED) is 0.188. The van der Waals surface area contributed by atoms with Crippen molar-refractivity contribution in [1.82, 2.24) is 4.58 Å². The van der Waals surface area contributed by atoms with Crippen LogP contribution in [0.2, 0.25) is 0 Å². The molecule has 0 unspecified atom stereocenters. The predicted molar refractivity (Wildman–Crippen MR) is 210 cm³/mol. The standard InChI is InChI=1S/C44H36N2O2S2/c1-43(2)38-29-15-9-11-17-35(29)49-40(38)31-23-25(19-21-33(31)45(43)5)37(27-13-7-8-14-28(27)42(47)48)26-20-22-34-32(24-26)41-39(44(3,4)46(34)6)30-16-10-12-18-36(30)50-41/h7-24H,1-6H3/p+1. The highest BCUT2D eigenvalue weighted by Gasteiger charge is 2.41. The number of hydrogen-bond acceptors (Lipinski definition) is 4. The lowest BCUT2D eigenvalue weighted by Crippen LogP contribution is -2.45. The van der Waals surface area contributed by atoms with Crippen LogP contribution >= 0.6 is 22.7 Å². The van der Waals surface area contributed by atoms with Gasteiger partial charge in [0.05, 0.1) is 21.5 Å². The van der Waals surface area contributed by atoms with Gasteiger partial charge in [-0.05, 0) is 83.6 Å². The van der Waals surface area contributed by atoms with Gasteiger partial charge in [-0.3, -0.25) is 0 Å². The fourth-order valence-electron chi connectivity index (χ4n) is 8.32. The Bertz CT molecular complexity index is 2730. The topological polar surface area (TPSA) is 43.6 Å². The smallest absolute Gasteiger partial charge is 0.336 e. The van der Waals surface area contributed by atoms with E-state index in [0.29, 0.717) is 11.1 Å². The molecule has 0 bridgehead atoms. The van der Waals surface area contributed by atoms with Crippen molar-refractivity contribution < 1.29 is 9.90 Å². The van der Waals surface area contributed by atoms with Crippen LogP contribution in [0.4, 0.5) is 5.69 Å². The predicted octanol–water partition coefficient (Wildman–Crippen LogP) is 9.45. The van der Waals surface area contributed by atoms with Crippen LogP contribution in [0, 0.1) is 0 Å². The number of benzene rings is 5. The van der Waals surface area contributed by atoms with Crippen LogP contribution in [0.3, 0.4) is 0 Å². The SMILES string of the molecule is CN1c2ccc(/C(c3ccccc3C(=O)O)=c3\ccc4c(c3)-c3sc5ccccc5c3C(C)(C)[N+]=4C)cc2-c2sc3ccccc3c2C1(C)C. The Kier molecular flexibility index (Phi) is 6.65. The molecule has 2 aliphatic heterocycles. The van der Waals surface area contributed by atoms with Crippen molar-refractivity contribution in [3.8, 4) is 20.9 Å². The Hall–Kier alpha value is -5.04. The van der Waals surface area contributed by atoms with Crippen LogP contribution in [0.1, 0.15) is 60.3 Å². The van der Waals surface area contributed by atoms with Crippen molar-refractivity contribution in [2.45, 2.75) is 38.8 Å². The first-order valence-electron chi connectivity index (χ1n) is 17.0. The second-order valence-corrected chi connectivity index (χ2v) is 16.6. The first-order valence-corrected chi connectivity index (χ1v) is 18.6. The average molecular weight is 690 g/mol. The van der Waals surface area contributed by atoms with Gasteiger partial charge < -0.3 is 10.0 Å². The summed E-state index contributed by atoms with van der Waals surface area (Å²) in [7, 11) is 4.37. The van der Waals surface area contributed by atoms with Gasteiger partial charge in [0.15, 0.2) is 5.54 Å². The highest BCUT2D eigenvalue weighted by molar-refractivity contribution is 7.23. The zero-order chi connectivity index (χ0) is 34.7. The molecule has 0 aliphatic carbocycles. The molecule has 0 atom stereocenters. The van der Waals surface area contributed by atoms with Crippen molar-refractivity contribution >= 4 is 60.1 Å². The van der Waals surface area contributed by atoms with Gasteiger partial charge in [-0.15, -0.1) is 22.7 Å². The van der Waals surface area contributed by atoms with E-state index in [1.54, 1.807) is 6.07 Å². The molecule has 2 aromatic heterocycles. The van der Waals surface area contributed by atoms with Gasteiger partial charge >= 0.3 is 5.97 Å². The Balaban J connectivity index is 1.38. The molecule has 50 heavy (non-hydrogen) atoms. The molecule has 0 fully saturated rings. The van der Waals surface area contributed by atoms with E-state index in [1.165, 1.54) is 63.2 Å². The molecule has 246 valence electrons. The van der Waals surface area contributed by atoms with E-state index in [2.05, 4.69) is 136 Å². The first-order chi connectivity index (χ1) is 24.0. The molecule has 0 spiro atoms. The number of aromatic carboxylic acids is 1. The van der Waals surface area contributed by atoms with Gasteiger partial charge in [0.2, 0.25) is 5.36 Å². The molecule has 0 amide bonds. The van der Waals surface area contributed by atoms with E-state index in [4.69, 9.17) is 0 Å². The van der Waals surface area contributed by atoms with Gasteiger partial charge in [-0.2, -0.15) is 0 Å². The third-order valence-corrected chi connectivity index (χ3v) is 13.7. The molecule has 0 saturated heterocycles. The van der Waals surface area contributed by atoms with Crippen LogP contribution < -0.4 is 20.1 Å². The van der Waals surface area contributed by atoms with E-state index >= 15 is 0 Å². The van der Waals surface area contributed by atoms with Crippen LogP contribution in [0.15, 0.2) is 109 Å². The lowest BCUT2D eigenvalue weighted by atomic mass is 9.82. The molecule has 7 aromatic rings. The summed E-state index contributed by atoms with van der Waals surface area (Å²) in [6, 6.07) is 38.2. The highest BCUT2D eigenvalue weighted by Crippen LogP contribution is 2.54. The Morgan fingerprint density at radius 3 is 1.98 bits per heavy atom. The fraction of sp³-hybridized carbons (Fsp3) is 0.182. The van der Waals surface area contributed by atoms with E-state index in [0.717, 1.165) is 16.4 Å². The van der Waals surface area contributed by atoms with Gasteiger partial charge in [-0.1, -0.05) is 60.7 Å². The van der Waals surface area contributed by atoms with Crippen LogP contribution in [-0.2, 0) is 11.1 Å². The lowest BCUT2D eigenvalue weighted by molar-refractivity contribution is 0.0696. The maximum absolute atomic E-state index is 12.8. The summed E-state index contributed by atoms with van der Waals surface area (Å²) in [5.74, 6) is -0.935. The summed E-state index contributed by atoms with van der Waals surface area (Å²) in [6.07, 6.45) is 0. The Morgan fingerprint density at radius 1 is 0.700 bits per heavy atom. The molecule has 9 rings (SSSR count). The summed E-state index contributed by atoms with van der Waals surface area (Å²) in [5.41, 5.74) is 8.72. The molecule has 5 aromatic carbocycles. The van der Waals surface area contributed by atoms with Gasteiger partial charge in [0.1, 0.15) is 7.05 Å². The monoisotopic (exact) mass is 689 g/mol. The average Bonchev–Trinajstić information content (AvgIpc) is 3.71.